The molecule has 1 N–H and O–H groups in total. The van der Waals surface area contributed by atoms with Gasteiger partial charge in [0.1, 0.15) is 10.2 Å². The maximum absolute atomic E-state index is 14.7. The first-order chi connectivity index (χ1) is 18.3. The molecule has 2 aromatic heterocycles. The molecular formula is C22H12Cl2F10N4O2. The Morgan fingerprint density at radius 3 is 2.12 bits per heavy atom. The predicted octanol–water partition coefficient (Wildman–Crippen LogP) is 7.32. The zero-order valence-corrected chi connectivity index (χ0v) is 20.7. The summed E-state index contributed by atoms with van der Waals surface area (Å²) in [4.78, 5) is 16.3. The second-order valence-electron chi connectivity index (χ2n) is 8.46. The number of nitrogens with one attached hydrogen (secondary N) is 1. The number of hydrogen-bond donors (Lipinski definition) is 1. The van der Waals surface area contributed by atoms with Crippen molar-refractivity contribution in [2.24, 2.45) is 0 Å². The Labute approximate surface area is 226 Å². The van der Waals surface area contributed by atoms with Gasteiger partial charge >= 0.3 is 24.4 Å². The van der Waals surface area contributed by atoms with Crippen LogP contribution in [-0.2, 0) is 5.67 Å². The normalized spacial score (nSPS) is 14.8. The van der Waals surface area contributed by atoms with Gasteiger partial charge in [0, 0.05) is 29.6 Å². The van der Waals surface area contributed by atoms with Crippen LogP contribution in [0.4, 0.5) is 43.9 Å². The molecule has 6 nitrogen and oxygen atoms in total. The van der Waals surface area contributed by atoms with Crippen LogP contribution in [0, 0.1) is 0 Å². The number of benzene rings is 1. The Morgan fingerprint density at radius 2 is 1.57 bits per heavy atom. The number of rotatable bonds is 6. The van der Waals surface area contributed by atoms with E-state index >= 15 is 0 Å². The van der Waals surface area contributed by atoms with Gasteiger partial charge in [-0.05, 0) is 31.0 Å². The van der Waals surface area contributed by atoms with Crippen LogP contribution in [0.15, 0.2) is 36.8 Å². The van der Waals surface area contributed by atoms with Gasteiger partial charge in [0.15, 0.2) is 5.75 Å². The number of carbonyl (C=O) groups is 1. The van der Waals surface area contributed by atoms with E-state index in [-0.39, 0.29) is 34.0 Å². The van der Waals surface area contributed by atoms with Crippen molar-refractivity contribution in [1.82, 2.24) is 20.1 Å². The molecule has 1 aliphatic rings. The summed E-state index contributed by atoms with van der Waals surface area (Å²) in [6.07, 6.45) is -14.5. The monoisotopic (exact) mass is 624 g/mol. The largest absolute Gasteiger partial charge is 0.573 e. The summed E-state index contributed by atoms with van der Waals surface area (Å²) >= 11 is 11.8. The summed E-state index contributed by atoms with van der Waals surface area (Å²) in [5, 5.41) is 4.89. The molecule has 1 amide bonds. The van der Waals surface area contributed by atoms with Crippen molar-refractivity contribution in [3.05, 3.63) is 58.1 Å². The van der Waals surface area contributed by atoms with Crippen molar-refractivity contribution >= 4 is 29.1 Å². The average Bonchev–Trinajstić information content (AvgIpc) is 3.50. The lowest BCUT2D eigenvalue weighted by atomic mass is 9.92. The summed E-state index contributed by atoms with van der Waals surface area (Å²) < 4.78 is 138. The first kappa shape index (κ1) is 29.7. The summed E-state index contributed by atoms with van der Waals surface area (Å²) in [7, 11) is 0. The van der Waals surface area contributed by atoms with Gasteiger partial charge in [0.25, 0.3) is 5.91 Å². The third-order valence-electron chi connectivity index (χ3n) is 5.61. The van der Waals surface area contributed by atoms with Gasteiger partial charge in [-0.15, -0.1) is 13.2 Å². The van der Waals surface area contributed by atoms with Crippen molar-refractivity contribution in [2.45, 2.75) is 43.3 Å². The van der Waals surface area contributed by atoms with E-state index in [4.69, 9.17) is 23.2 Å². The molecular weight excluding hydrogens is 613 g/mol. The predicted molar refractivity (Wildman–Crippen MR) is 119 cm³/mol. The van der Waals surface area contributed by atoms with Crippen LogP contribution in [0.5, 0.6) is 5.75 Å². The molecule has 1 fully saturated rings. The number of nitrogens with zero attached hydrogens (tertiary/aromatic N) is 3. The number of alkyl halides is 10. The number of carbonyl (C=O) groups excluding carboxylic acids is 1. The highest BCUT2D eigenvalue weighted by Crippen LogP contribution is 2.57. The van der Waals surface area contributed by atoms with Crippen LogP contribution in [0.2, 0.25) is 10.2 Å². The van der Waals surface area contributed by atoms with Crippen molar-refractivity contribution in [1.29, 1.82) is 0 Å². The first-order valence-electron chi connectivity index (χ1n) is 10.8. The number of pyridine rings is 1. The molecule has 18 heteroatoms. The Bertz CT molecular complexity index is 1430. The zero-order valence-electron chi connectivity index (χ0n) is 19.1. The Hall–Kier alpha value is -3.27. The smallest absolute Gasteiger partial charge is 0.404 e. The highest BCUT2D eigenvalue weighted by molar-refractivity contribution is 6.34. The summed E-state index contributed by atoms with van der Waals surface area (Å²) in [5.74, 6) is -2.81. The molecule has 1 aromatic carbocycles. The molecule has 0 saturated heterocycles. The SMILES string of the molecule is O=C(NC1CC1)c1cc(-c2cnn(-c3ccc(C(F)(C(F)(F)F)C(F)(F)F)c(OC(F)(F)F)c3Cl)c2)cnc1Cl. The molecule has 1 aliphatic carbocycles. The van der Waals surface area contributed by atoms with E-state index in [1.807, 2.05) is 0 Å². The Kier molecular flexibility index (Phi) is 7.41. The second-order valence-corrected chi connectivity index (χ2v) is 9.20. The molecule has 40 heavy (non-hydrogen) atoms. The van der Waals surface area contributed by atoms with Gasteiger partial charge in [-0.25, -0.2) is 14.1 Å². The van der Waals surface area contributed by atoms with Gasteiger partial charge in [-0.1, -0.05) is 23.2 Å². The lowest BCUT2D eigenvalue weighted by Gasteiger charge is -2.32. The minimum absolute atomic E-state index is 0.0223. The van der Waals surface area contributed by atoms with Crippen LogP contribution in [0.1, 0.15) is 28.8 Å². The van der Waals surface area contributed by atoms with Crippen LogP contribution in [-0.4, -0.2) is 45.4 Å². The minimum Gasteiger partial charge on any atom is -0.404 e. The number of halogens is 12. The van der Waals surface area contributed by atoms with E-state index in [9.17, 15) is 48.7 Å². The average molecular weight is 625 g/mol. The Morgan fingerprint density at radius 1 is 0.950 bits per heavy atom. The molecule has 0 aliphatic heterocycles. The van der Waals surface area contributed by atoms with Gasteiger partial charge in [0.05, 0.1) is 23.0 Å². The van der Waals surface area contributed by atoms with Gasteiger partial charge in [0.2, 0.25) is 0 Å². The molecule has 2 heterocycles. The van der Waals surface area contributed by atoms with Crippen LogP contribution >= 0.6 is 23.2 Å². The molecule has 3 aromatic rings. The molecule has 216 valence electrons. The van der Waals surface area contributed by atoms with E-state index in [1.165, 1.54) is 12.3 Å². The zero-order chi connectivity index (χ0) is 29.8. The quantitative estimate of drug-likeness (QED) is 0.230. The first-order valence-corrected chi connectivity index (χ1v) is 11.5. The molecule has 0 atom stereocenters. The number of hydrogen-bond acceptors (Lipinski definition) is 4. The molecule has 1 saturated carbocycles. The molecule has 4 rings (SSSR count). The van der Waals surface area contributed by atoms with Gasteiger partial charge in [-0.3, -0.25) is 4.79 Å². The number of aromatic nitrogens is 3. The van der Waals surface area contributed by atoms with E-state index in [2.05, 4.69) is 20.1 Å². The van der Waals surface area contributed by atoms with E-state index in [1.54, 1.807) is 0 Å². The van der Waals surface area contributed by atoms with Crippen molar-refractivity contribution in [3.8, 4) is 22.6 Å². The maximum atomic E-state index is 14.7. The fourth-order valence-electron chi connectivity index (χ4n) is 3.54. The highest BCUT2D eigenvalue weighted by atomic mass is 35.5. The van der Waals surface area contributed by atoms with Crippen LogP contribution in [0.25, 0.3) is 16.8 Å². The highest BCUT2D eigenvalue weighted by Gasteiger charge is 2.74. The fraction of sp³-hybridized carbons (Fsp3) is 0.318. The third kappa shape index (κ3) is 5.64. The summed E-state index contributed by atoms with van der Waals surface area (Å²) in [6, 6.07) is 1.50. The van der Waals surface area contributed by atoms with E-state index < -0.39 is 52.3 Å². The maximum Gasteiger partial charge on any atom is 0.573 e. The molecule has 0 unspecified atom stereocenters. The molecule has 0 bridgehead atoms. The van der Waals surface area contributed by atoms with Crippen LogP contribution in [0.3, 0.4) is 0 Å². The van der Waals surface area contributed by atoms with E-state index in [0.717, 1.165) is 25.2 Å². The molecule has 0 spiro atoms. The molecule has 0 radical (unpaired) electrons. The van der Waals surface area contributed by atoms with Gasteiger partial charge in [-0.2, -0.15) is 31.4 Å². The lowest BCUT2D eigenvalue weighted by Crippen LogP contribution is -2.50. The van der Waals surface area contributed by atoms with Crippen molar-refractivity contribution < 1.29 is 53.4 Å². The van der Waals surface area contributed by atoms with Gasteiger partial charge < -0.3 is 10.1 Å². The summed E-state index contributed by atoms with van der Waals surface area (Å²) in [6.45, 7) is 0. The lowest BCUT2D eigenvalue weighted by molar-refractivity contribution is -0.350. The summed E-state index contributed by atoms with van der Waals surface area (Å²) in [5.41, 5.74) is -9.23. The Balaban J connectivity index is 1.80. The number of ether oxygens (including phenoxy) is 1. The topological polar surface area (TPSA) is 69.0 Å². The third-order valence-corrected chi connectivity index (χ3v) is 6.27. The fourth-order valence-corrected chi connectivity index (χ4v) is 4.01. The second kappa shape index (κ2) is 9.98. The van der Waals surface area contributed by atoms with Crippen molar-refractivity contribution in [2.75, 3.05) is 0 Å². The van der Waals surface area contributed by atoms with Crippen LogP contribution < -0.4 is 10.1 Å². The van der Waals surface area contributed by atoms with E-state index in [0.29, 0.717) is 10.7 Å². The standard InChI is InChI=1S/C22H12Cl2F10N4O2/c23-15-14(4-3-13(16(15)40-22(32,33)34)19(25,20(26,27)28)21(29,30)31)38-8-10(7-36-38)9-5-12(17(24)35-6-9)18(39)37-11-1-2-11/h3-8,11H,1-2H2,(H,37,39). The minimum atomic E-state index is -6.75. The number of amides is 1. The van der Waals surface area contributed by atoms with Crippen molar-refractivity contribution in [3.63, 3.8) is 0 Å².